The van der Waals surface area contributed by atoms with Gasteiger partial charge in [0, 0.05) is 16.8 Å². The molecule has 3 aromatic rings. The third-order valence-corrected chi connectivity index (χ3v) is 3.33. The van der Waals surface area contributed by atoms with Gasteiger partial charge in [0.25, 0.3) is 0 Å². The number of carbonyl (C=O) groups is 1. The Balaban J connectivity index is 2.43. The predicted octanol–water partition coefficient (Wildman–Crippen LogP) is 3.80. The van der Waals surface area contributed by atoms with Gasteiger partial charge in [-0.15, -0.1) is 0 Å². The molecular formula is C15H11ClN2O. The minimum absolute atomic E-state index is 0.424. The van der Waals surface area contributed by atoms with E-state index in [9.17, 15) is 4.79 Å². The van der Waals surface area contributed by atoms with Gasteiger partial charge in [-0.25, -0.2) is 4.98 Å². The van der Waals surface area contributed by atoms with Gasteiger partial charge in [-0.3, -0.25) is 4.79 Å². The van der Waals surface area contributed by atoms with Crippen molar-refractivity contribution in [1.82, 2.24) is 9.55 Å². The molecule has 0 atom stereocenters. The molecule has 0 radical (unpaired) electrons. The van der Waals surface area contributed by atoms with Crippen LogP contribution >= 0.6 is 11.6 Å². The highest BCUT2D eigenvalue weighted by Crippen LogP contribution is 2.28. The first-order valence-corrected chi connectivity index (χ1v) is 6.27. The summed E-state index contributed by atoms with van der Waals surface area (Å²) in [6, 6.07) is 13.4. The molecule has 94 valence electrons. The van der Waals surface area contributed by atoms with Gasteiger partial charge in [0.1, 0.15) is 5.15 Å². The Hall–Kier alpha value is -2.13. The third-order valence-electron chi connectivity index (χ3n) is 3.04. The minimum atomic E-state index is 0.424. The van der Waals surface area contributed by atoms with E-state index in [2.05, 4.69) is 4.98 Å². The smallest absolute Gasteiger partial charge is 0.166 e. The summed E-state index contributed by atoms with van der Waals surface area (Å²) >= 11 is 6.15. The van der Waals surface area contributed by atoms with Crippen molar-refractivity contribution in [2.75, 3.05) is 0 Å². The van der Waals surface area contributed by atoms with Crippen molar-refractivity contribution in [2.24, 2.45) is 0 Å². The number of nitrogens with zero attached hydrogens (tertiary/aromatic N) is 2. The highest BCUT2D eigenvalue weighted by Gasteiger charge is 2.13. The molecule has 19 heavy (non-hydrogen) atoms. The molecule has 0 fully saturated rings. The molecule has 0 N–H and O–H groups in total. The molecular weight excluding hydrogens is 260 g/mol. The number of carbonyl (C=O) groups excluding carboxylic acids is 1. The number of aryl methyl sites for hydroxylation is 1. The zero-order valence-corrected chi connectivity index (χ0v) is 11.1. The zero-order chi connectivity index (χ0) is 13.4. The van der Waals surface area contributed by atoms with Crippen molar-refractivity contribution in [1.29, 1.82) is 0 Å². The molecule has 0 amide bonds. The highest BCUT2D eigenvalue weighted by molar-refractivity contribution is 6.34. The number of hydrogen-bond acceptors (Lipinski definition) is 2. The average Bonchev–Trinajstić information content (AvgIpc) is 2.78. The fourth-order valence-electron chi connectivity index (χ4n) is 2.25. The average molecular weight is 271 g/mol. The summed E-state index contributed by atoms with van der Waals surface area (Å²) in [6.45, 7) is 1.88. The summed E-state index contributed by atoms with van der Waals surface area (Å²) in [5.41, 5.74) is 3.22. The summed E-state index contributed by atoms with van der Waals surface area (Å²) in [6.07, 6.45) is 0.832. The predicted molar refractivity (Wildman–Crippen MR) is 76.2 cm³/mol. The largest absolute Gasteiger partial charge is 0.307 e. The van der Waals surface area contributed by atoms with Crippen LogP contribution < -0.4 is 0 Å². The van der Waals surface area contributed by atoms with E-state index in [-0.39, 0.29) is 0 Å². The van der Waals surface area contributed by atoms with Crippen LogP contribution in [0, 0.1) is 6.92 Å². The summed E-state index contributed by atoms with van der Waals surface area (Å²) in [7, 11) is 0. The van der Waals surface area contributed by atoms with E-state index in [0.29, 0.717) is 10.8 Å². The van der Waals surface area contributed by atoms with Crippen molar-refractivity contribution >= 4 is 28.8 Å². The van der Waals surface area contributed by atoms with Crippen LogP contribution in [0.1, 0.15) is 16.2 Å². The molecule has 1 aromatic carbocycles. The van der Waals surface area contributed by atoms with Gasteiger partial charge in [0.05, 0.1) is 11.2 Å². The second-order valence-electron chi connectivity index (χ2n) is 4.35. The Kier molecular flexibility index (Phi) is 2.84. The number of aldehydes is 1. The van der Waals surface area contributed by atoms with Gasteiger partial charge >= 0.3 is 0 Å². The van der Waals surface area contributed by atoms with E-state index in [1.54, 1.807) is 6.07 Å². The third kappa shape index (κ3) is 1.92. The molecule has 3 nitrogen and oxygen atoms in total. The molecule has 3 rings (SSSR count). The first-order valence-electron chi connectivity index (χ1n) is 5.90. The number of pyridine rings is 1. The lowest BCUT2D eigenvalue weighted by atomic mass is 10.2. The van der Waals surface area contributed by atoms with Crippen LogP contribution in [0.4, 0.5) is 0 Å². The molecule has 2 aromatic heterocycles. The number of para-hydroxylation sites is 1. The quantitative estimate of drug-likeness (QED) is 0.524. The van der Waals surface area contributed by atoms with Gasteiger partial charge in [0.2, 0.25) is 0 Å². The van der Waals surface area contributed by atoms with Crippen LogP contribution in [-0.4, -0.2) is 15.8 Å². The molecule has 0 aliphatic rings. The van der Waals surface area contributed by atoms with E-state index in [1.807, 2.05) is 47.9 Å². The normalized spacial score (nSPS) is 10.8. The molecule has 0 saturated carbocycles. The Morgan fingerprint density at radius 2 is 1.95 bits per heavy atom. The van der Waals surface area contributed by atoms with Crippen molar-refractivity contribution in [2.45, 2.75) is 6.92 Å². The molecule has 4 heteroatoms. The molecule has 0 aliphatic carbocycles. The summed E-state index contributed by atoms with van der Waals surface area (Å²) < 4.78 is 1.89. The summed E-state index contributed by atoms with van der Waals surface area (Å²) in [5, 5.41) is 1.21. The number of aromatic nitrogens is 2. The Labute approximate surface area is 115 Å². The lowest BCUT2D eigenvalue weighted by Crippen LogP contribution is -1.98. The summed E-state index contributed by atoms with van der Waals surface area (Å²) in [4.78, 5) is 15.5. The van der Waals surface area contributed by atoms with Crippen molar-refractivity contribution in [3.63, 3.8) is 0 Å². The molecule has 2 heterocycles. The zero-order valence-electron chi connectivity index (χ0n) is 10.3. The SMILES string of the molecule is Cc1cc2c(cc(C=O)n2-c2ccccc2)c(Cl)n1. The molecule has 0 unspecified atom stereocenters. The second kappa shape index (κ2) is 4.52. The first kappa shape index (κ1) is 11.9. The number of fused-ring (bicyclic) bond motifs is 1. The fraction of sp³-hybridized carbons (Fsp3) is 0.0667. The minimum Gasteiger partial charge on any atom is -0.307 e. The van der Waals surface area contributed by atoms with Crippen LogP contribution in [0.25, 0.3) is 16.6 Å². The van der Waals surface area contributed by atoms with Crippen LogP contribution in [0.3, 0.4) is 0 Å². The van der Waals surface area contributed by atoms with Gasteiger partial charge in [0.15, 0.2) is 6.29 Å². The molecule has 0 spiro atoms. The van der Waals surface area contributed by atoms with Crippen molar-refractivity contribution in [3.8, 4) is 5.69 Å². The Morgan fingerprint density at radius 3 is 2.63 bits per heavy atom. The number of rotatable bonds is 2. The maximum atomic E-state index is 11.3. The number of benzene rings is 1. The van der Waals surface area contributed by atoms with Gasteiger partial charge in [-0.2, -0.15) is 0 Å². The van der Waals surface area contributed by atoms with Crippen LogP contribution in [0.15, 0.2) is 42.5 Å². The van der Waals surface area contributed by atoms with Crippen LogP contribution in [-0.2, 0) is 0 Å². The lowest BCUT2D eigenvalue weighted by molar-refractivity contribution is 0.111. The second-order valence-corrected chi connectivity index (χ2v) is 4.70. The Bertz CT molecular complexity index is 763. The lowest BCUT2D eigenvalue weighted by Gasteiger charge is -2.08. The number of halogens is 1. The monoisotopic (exact) mass is 270 g/mol. The summed E-state index contributed by atoms with van der Waals surface area (Å²) in [5.74, 6) is 0. The molecule has 0 aliphatic heterocycles. The van der Waals surface area contributed by atoms with Crippen molar-refractivity contribution in [3.05, 3.63) is 59.0 Å². The van der Waals surface area contributed by atoms with Gasteiger partial charge in [-0.1, -0.05) is 29.8 Å². The maximum Gasteiger partial charge on any atom is 0.166 e. The van der Waals surface area contributed by atoms with Crippen LogP contribution in [0.2, 0.25) is 5.15 Å². The van der Waals surface area contributed by atoms with E-state index < -0.39 is 0 Å². The topological polar surface area (TPSA) is 34.9 Å². The number of hydrogen-bond donors (Lipinski definition) is 0. The first-order chi connectivity index (χ1) is 9.20. The van der Waals surface area contributed by atoms with Gasteiger partial charge in [-0.05, 0) is 31.2 Å². The molecule has 0 saturated heterocycles. The maximum absolute atomic E-state index is 11.3. The highest BCUT2D eigenvalue weighted by atomic mass is 35.5. The fourth-order valence-corrected chi connectivity index (χ4v) is 2.54. The van der Waals surface area contributed by atoms with E-state index in [4.69, 9.17) is 11.6 Å². The van der Waals surface area contributed by atoms with Gasteiger partial charge < -0.3 is 4.57 Å². The standard InChI is InChI=1S/C15H11ClN2O/c1-10-7-14-13(15(16)17-10)8-12(9-19)18(14)11-5-3-2-4-6-11/h2-9H,1H3. The van der Waals surface area contributed by atoms with Crippen molar-refractivity contribution < 1.29 is 4.79 Å². The van der Waals surface area contributed by atoms with E-state index >= 15 is 0 Å². The van der Waals surface area contributed by atoms with E-state index in [1.165, 1.54) is 0 Å². The Morgan fingerprint density at radius 1 is 1.21 bits per heavy atom. The van der Waals surface area contributed by atoms with E-state index in [0.717, 1.165) is 28.6 Å². The molecule has 0 bridgehead atoms. The van der Waals surface area contributed by atoms with Crippen LogP contribution in [0.5, 0.6) is 0 Å².